The Kier molecular flexibility index (Phi) is 4.16. The summed E-state index contributed by atoms with van der Waals surface area (Å²) in [7, 11) is 0. The zero-order valence-corrected chi connectivity index (χ0v) is 11.2. The zero-order chi connectivity index (χ0) is 12.3. The van der Waals surface area contributed by atoms with E-state index in [-0.39, 0.29) is 0 Å². The first-order valence-corrected chi connectivity index (χ1v) is 6.82. The molecule has 0 spiro atoms. The Bertz CT molecular complexity index is 336. The fourth-order valence-corrected chi connectivity index (χ4v) is 2.96. The Morgan fingerprint density at radius 2 is 2.18 bits per heavy atom. The van der Waals surface area contributed by atoms with E-state index in [0.717, 1.165) is 11.8 Å². The molecule has 0 aromatic carbocycles. The van der Waals surface area contributed by atoms with Gasteiger partial charge in [-0.1, -0.05) is 19.9 Å². The molecular weight excluding hydrogens is 208 g/mol. The maximum atomic E-state index is 4.19. The predicted molar refractivity (Wildman–Crippen MR) is 71.8 cm³/mol. The first-order valence-electron chi connectivity index (χ1n) is 6.82. The quantitative estimate of drug-likeness (QED) is 0.862. The minimum Gasteiger partial charge on any atom is -0.307 e. The van der Waals surface area contributed by atoms with Gasteiger partial charge in [-0.25, -0.2) is 0 Å². The summed E-state index contributed by atoms with van der Waals surface area (Å²) < 4.78 is 0. The average molecular weight is 232 g/mol. The van der Waals surface area contributed by atoms with Crippen LogP contribution in [0.4, 0.5) is 0 Å². The number of hydrogen-bond acceptors (Lipinski definition) is 2. The molecule has 1 aromatic rings. The van der Waals surface area contributed by atoms with Crippen LogP contribution in [-0.4, -0.2) is 11.0 Å². The Morgan fingerprint density at radius 1 is 1.35 bits per heavy atom. The number of pyridine rings is 1. The van der Waals surface area contributed by atoms with Crippen LogP contribution in [0.3, 0.4) is 0 Å². The SMILES string of the molecule is CC1CCC(N[C@@H](C)c2cccnc2)C(C)C1. The second-order valence-electron chi connectivity index (χ2n) is 5.68. The van der Waals surface area contributed by atoms with Crippen molar-refractivity contribution in [2.75, 3.05) is 0 Å². The lowest BCUT2D eigenvalue weighted by Gasteiger charge is -2.35. The molecule has 0 bridgehead atoms. The summed E-state index contributed by atoms with van der Waals surface area (Å²) in [6, 6.07) is 5.24. The van der Waals surface area contributed by atoms with Crippen LogP contribution in [-0.2, 0) is 0 Å². The zero-order valence-electron chi connectivity index (χ0n) is 11.2. The molecule has 2 heteroatoms. The van der Waals surface area contributed by atoms with Crippen molar-refractivity contribution in [2.45, 2.75) is 52.1 Å². The molecular formula is C15H24N2. The van der Waals surface area contributed by atoms with Gasteiger partial charge >= 0.3 is 0 Å². The molecule has 1 aliphatic rings. The van der Waals surface area contributed by atoms with E-state index in [0.29, 0.717) is 12.1 Å². The number of nitrogens with one attached hydrogen (secondary N) is 1. The maximum Gasteiger partial charge on any atom is 0.0315 e. The predicted octanol–water partition coefficient (Wildman–Crippen LogP) is 3.56. The third-order valence-corrected chi connectivity index (χ3v) is 4.08. The van der Waals surface area contributed by atoms with Crippen molar-refractivity contribution in [3.63, 3.8) is 0 Å². The van der Waals surface area contributed by atoms with Gasteiger partial charge in [-0.15, -0.1) is 0 Å². The van der Waals surface area contributed by atoms with Crippen LogP contribution < -0.4 is 5.32 Å². The summed E-state index contributed by atoms with van der Waals surface area (Å²) in [5, 5.41) is 3.77. The van der Waals surface area contributed by atoms with E-state index >= 15 is 0 Å². The topological polar surface area (TPSA) is 24.9 Å². The van der Waals surface area contributed by atoms with Gasteiger partial charge < -0.3 is 5.32 Å². The molecule has 2 nitrogen and oxygen atoms in total. The third kappa shape index (κ3) is 3.29. The highest BCUT2D eigenvalue weighted by Gasteiger charge is 2.26. The lowest BCUT2D eigenvalue weighted by Crippen LogP contribution is -2.40. The Labute approximate surface area is 105 Å². The molecule has 1 heterocycles. The van der Waals surface area contributed by atoms with Crippen molar-refractivity contribution in [1.29, 1.82) is 0 Å². The Balaban J connectivity index is 1.93. The minimum atomic E-state index is 0.407. The summed E-state index contributed by atoms with van der Waals surface area (Å²) in [6.07, 6.45) is 7.83. The summed E-state index contributed by atoms with van der Waals surface area (Å²) in [4.78, 5) is 4.19. The second-order valence-corrected chi connectivity index (χ2v) is 5.68. The fourth-order valence-electron chi connectivity index (χ4n) is 2.96. The molecule has 1 saturated carbocycles. The van der Waals surface area contributed by atoms with Crippen molar-refractivity contribution >= 4 is 0 Å². The van der Waals surface area contributed by atoms with Crippen LogP contribution in [0.2, 0.25) is 0 Å². The van der Waals surface area contributed by atoms with Crippen LogP contribution in [0, 0.1) is 11.8 Å². The fraction of sp³-hybridized carbons (Fsp3) is 0.667. The number of rotatable bonds is 3. The lowest BCUT2D eigenvalue weighted by molar-refractivity contribution is 0.216. The molecule has 0 saturated heterocycles. The van der Waals surface area contributed by atoms with Gasteiger partial charge in [0.05, 0.1) is 0 Å². The molecule has 0 radical (unpaired) electrons. The lowest BCUT2D eigenvalue weighted by atomic mass is 9.79. The normalized spacial score (nSPS) is 31.1. The van der Waals surface area contributed by atoms with Gasteiger partial charge in [0.1, 0.15) is 0 Å². The van der Waals surface area contributed by atoms with E-state index in [1.807, 2.05) is 18.5 Å². The van der Waals surface area contributed by atoms with Gasteiger partial charge in [0.15, 0.2) is 0 Å². The summed E-state index contributed by atoms with van der Waals surface area (Å²) >= 11 is 0. The number of aromatic nitrogens is 1. The summed E-state index contributed by atoms with van der Waals surface area (Å²) in [6.45, 7) is 6.99. The molecule has 4 atom stereocenters. The van der Waals surface area contributed by atoms with Gasteiger partial charge in [-0.05, 0) is 49.7 Å². The highest BCUT2D eigenvalue weighted by atomic mass is 15.0. The van der Waals surface area contributed by atoms with E-state index in [1.165, 1.54) is 24.8 Å². The van der Waals surface area contributed by atoms with Crippen molar-refractivity contribution in [3.8, 4) is 0 Å². The van der Waals surface area contributed by atoms with E-state index < -0.39 is 0 Å². The molecule has 0 amide bonds. The van der Waals surface area contributed by atoms with Crippen molar-refractivity contribution in [2.24, 2.45) is 11.8 Å². The highest BCUT2D eigenvalue weighted by Crippen LogP contribution is 2.30. The van der Waals surface area contributed by atoms with Crippen LogP contribution in [0.15, 0.2) is 24.5 Å². The van der Waals surface area contributed by atoms with Crippen LogP contribution in [0.1, 0.15) is 51.6 Å². The van der Waals surface area contributed by atoms with Crippen LogP contribution in [0.5, 0.6) is 0 Å². The number of nitrogens with zero attached hydrogens (tertiary/aromatic N) is 1. The molecule has 1 aliphatic carbocycles. The highest BCUT2D eigenvalue weighted by molar-refractivity contribution is 5.13. The van der Waals surface area contributed by atoms with E-state index in [2.05, 4.69) is 37.1 Å². The summed E-state index contributed by atoms with van der Waals surface area (Å²) in [5.74, 6) is 1.69. The molecule has 1 N–H and O–H groups in total. The van der Waals surface area contributed by atoms with Crippen LogP contribution >= 0.6 is 0 Å². The van der Waals surface area contributed by atoms with E-state index in [9.17, 15) is 0 Å². The molecule has 2 rings (SSSR count). The van der Waals surface area contributed by atoms with Crippen molar-refractivity contribution in [1.82, 2.24) is 10.3 Å². The molecule has 1 aromatic heterocycles. The first kappa shape index (κ1) is 12.6. The first-order chi connectivity index (χ1) is 8.16. The van der Waals surface area contributed by atoms with Crippen molar-refractivity contribution < 1.29 is 0 Å². The Morgan fingerprint density at radius 3 is 2.82 bits per heavy atom. The summed E-state index contributed by atoms with van der Waals surface area (Å²) in [5.41, 5.74) is 1.29. The number of hydrogen-bond donors (Lipinski definition) is 1. The second kappa shape index (κ2) is 5.63. The third-order valence-electron chi connectivity index (χ3n) is 4.08. The van der Waals surface area contributed by atoms with Gasteiger partial charge in [0.25, 0.3) is 0 Å². The Hall–Kier alpha value is -0.890. The smallest absolute Gasteiger partial charge is 0.0315 e. The van der Waals surface area contributed by atoms with Gasteiger partial charge in [0, 0.05) is 24.5 Å². The minimum absolute atomic E-state index is 0.407. The van der Waals surface area contributed by atoms with E-state index in [4.69, 9.17) is 0 Å². The maximum absolute atomic E-state index is 4.19. The van der Waals surface area contributed by atoms with Gasteiger partial charge in [-0.3, -0.25) is 4.98 Å². The average Bonchev–Trinajstić information content (AvgIpc) is 2.34. The van der Waals surface area contributed by atoms with Crippen LogP contribution in [0.25, 0.3) is 0 Å². The standard InChI is InChI=1S/C15H24N2/c1-11-6-7-15(12(2)9-11)17-13(3)14-5-4-8-16-10-14/h4-5,8,10-13,15,17H,6-7,9H2,1-3H3/t11?,12?,13-,15?/m0/s1. The molecule has 3 unspecified atom stereocenters. The van der Waals surface area contributed by atoms with Crippen molar-refractivity contribution in [3.05, 3.63) is 30.1 Å². The van der Waals surface area contributed by atoms with Gasteiger partial charge in [0.2, 0.25) is 0 Å². The molecule has 1 fully saturated rings. The monoisotopic (exact) mass is 232 g/mol. The van der Waals surface area contributed by atoms with Gasteiger partial charge in [-0.2, -0.15) is 0 Å². The largest absolute Gasteiger partial charge is 0.307 e. The molecule has 17 heavy (non-hydrogen) atoms. The molecule has 0 aliphatic heterocycles. The molecule has 94 valence electrons. The van der Waals surface area contributed by atoms with E-state index in [1.54, 1.807) is 0 Å².